The maximum absolute atomic E-state index is 10.1. The fourth-order valence-corrected chi connectivity index (χ4v) is 3.82. The van der Waals surface area contributed by atoms with Gasteiger partial charge in [-0.2, -0.15) is 5.48 Å². The number of aliphatic hydroxyl groups is 1. The molecule has 0 saturated heterocycles. The lowest BCUT2D eigenvalue weighted by Crippen LogP contribution is -2.73. The van der Waals surface area contributed by atoms with E-state index in [1.165, 1.54) is 0 Å². The third-order valence-electron chi connectivity index (χ3n) is 5.59. The number of quaternary nitrogens is 1. The zero-order valence-electron chi connectivity index (χ0n) is 19.4. The molecular weight excluding hydrogens is 420 g/mol. The van der Waals surface area contributed by atoms with Crippen molar-refractivity contribution in [3.8, 4) is 5.75 Å². The third kappa shape index (κ3) is 5.22. The molecule has 33 heavy (non-hydrogen) atoms. The fourth-order valence-electron chi connectivity index (χ4n) is 3.82. The van der Waals surface area contributed by atoms with Gasteiger partial charge in [0.25, 0.3) is 0 Å². The van der Waals surface area contributed by atoms with E-state index in [-0.39, 0.29) is 6.10 Å². The highest BCUT2D eigenvalue weighted by Gasteiger charge is 2.23. The Labute approximate surface area is 193 Å². The molecule has 0 fully saturated rings. The monoisotopic (exact) mass is 451 g/mol. The molecule has 1 aliphatic heterocycles. The zero-order chi connectivity index (χ0) is 23.6. The predicted octanol–water partition coefficient (Wildman–Crippen LogP) is 2.78. The van der Waals surface area contributed by atoms with Gasteiger partial charge in [0.05, 0.1) is 23.9 Å². The van der Waals surface area contributed by atoms with Gasteiger partial charge in [0.1, 0.15) is 18.0 Å². The molecule has 0 atom stereocenters. The number of pyridine rings is 1. The number of aromatic nitrogens is 3. The maximum atomic E-state index is 10.1. The number of anilines is 3. The molecule has 2 aromatic heterocycles. The minimum Gasteiger partial charge on any atom is -0.485 e. The first-order chi connectivity index (χ1) is 15.7. The third-order valence-corrected chi connectivity index (χ3v) is 5.59. The van der Waals surface area contributed by atoms with E-state index in [4.69, 9.17) is 4.74 Å². The van der Waals surface area contributed by atoms with E-state index >= 15 is 0 Å². The van der Waals surface area contributed by atoms with Crippen molar-refractivity contribution in [3.63, 3.8) is 0 Å². The van der Waals surface area contributed by atoms with Crippen molar-refractivity contribution in [1.82, 2.24) is 15.0 Å². The fraction of sp³-hybridized carbons (Fsp3) is 0.375. The first-order valence-corrected chi connectivity index (χ1v) is 11.1. The quantitative estimate of drug-likeness (QED) is 0.320. The standard InChI is InChI=1S/C24H30N6O3/c1-15(2)33-21-11-17(6-7-19(21)29-32)30-10-9-18-20(13-30)26-14-27-23(18)28-22-8-5-16(12-25-22)24(3,4)31/h5-8,11-12,14-15,29,31-32H,9-10,13H2,1-4H3,(H,25,26,27,28)/p+1. The lowest BCUT2D eigenvalue weighted by Gasteiger charge is -2.31. The molecule has 3 aromatic rings. The van der Waals surface area contributed by atoms with E-state index in [9.17, 15) is 10.3 Å². The molecule has 0 radical (unpaired) electrons. The minimum absolute atomic E-state index is 0.00790. The van der Waals surface area contributed by atoms with Crippen LogP contribution in [0.25, 0.3) is 0 Å². The van der Waals surface area contributed by atoms with Gasteiger partial charge in [-0.3, -0.25) is 0 Å². The van der Waals surface area contributed by atoms with Crippen LogP contribution in [0.5, 0.6) is 5.75 Å². The Bertz CT molecular complexity index is 1110. The van der Waals surface area contributed by atoms with Gasteiger partial charge in [-0.05, 0) is 46.2 Å². The summed E-state index contributed by atoms with van der Waals surface area (Å²) in [5.41, 5.74) is 4.58. The normalized spacial score (nSPS) is 13.7. The SMILES string of the molecule is CC(C)Oc1cc(N2CCc3c(ncnc3Nc3ccc(C(C)(C)O)cn3)C2)ccc1[NH2+]O. The van der Waals surface area contributed by atoms with Gasteiger partial charge in [0, 0.05) is 41.7 Å². The molecule has 0 aliphatic carbocycles. The molecule has 0 amide bonds. The second-order valence-corrected chi connectivity index (χ2v) is 8.95. The van der Waals surface area contributed by atoms with Gasteiger partial charge < -0.3 is 20.1 Å². The van der Waals surface area contributed by atoms with Crippen LogP contribution in [0.2, 0.25) is 0 Å². The van der Waals surface area contributed by atoms with Crippen molar-refractivity contribution >= 4 is 23.0 Å². The Kier molecular flexibility index (Phi) is 6.46. The molecule has 174 valence electrons. The first kappa shape index (κ1) is 22.9. The van der Waals surface area contributed by atoms with Crippen molar-refractivity contribution in [1.29, 1.82) is 0 Å². The van der Waals surface area contributed by atoms with Crippen LogP contribution in [-0.4, -0.2) is 37.9 Å². The van der Waals surface area contributed by atoms with Gasteiger partial charge in [0.15, 0.2) is 5.75 Å². The summed E-state index contributed by atoms with van der Waals surface area (Å²) in [7, 11) is 0. The van der Waals surface area contributed by atoms with Crippen LogP contribution >= 0.6 is 0 Å². The summed E-state index contributed by atoms with van der Waals surface area (Å²) in [4.78, 5) is 15.6. The zero-order valence-corrected chi connectivity index (χ0v) is 19.4. The second-order valence-electron chi connectivity index (χ2n) is 8.95. The smallest absolute Gasteiger partial charge is 0.204 e. The highest BCUT2D eigenvalue weighted by molar-refractivity contribution is 5.62. The largest absolute Gasteiger partial charge is 0.485 e. The van der Waals surface area contributed by atoms with E-state index in [1.54, 1.807) is 26.4 Å². The maximum Gasteiger partial charge on any atom is 0.204 e. The molecule has 4 rings (SSSR count). The van der Waals surface area contributed by atoms with Crippen LogP contribution in [-0.2, 0) is 18.6 Å². The molecule has 1 aliphatic rings. The number of ether oxygens (including phenoxy) is 1. The van der Waals surface area contributed by atoms with Crippen molar-refractivity contribution in [3.05, 3.63) is 59.7 Å². The average molecular weight is 452 g/mol. The Balaban J connectivity index is 1.53. The number of nitrogens with one attached hydrogen (secondary N) is 1. The highest BCUT2D eigenvalue weighted by Crippen LogP contribution is 2.32. The Morgan fingerprint density at radius 1 is 1.15 bits per heavy atom. The molecule has 3 heterocycles. The van der Waals surface area contributed by atoms with Crippen LogP contribution in [0.1, 0.15) is 44.5 Å². The van der Waals surface area contributed by atoms with E-state index in [2.05, 4.69) is 25.2 Å². The number of hydrogen-bond donors (Lipinski definition) is 4. The number of hydrogen-bond acceptors (Lipinski definition) is 8. The van der Waals surface area contributed by atoms with Gasteiger partial charge in [-0.1, -0.05) is 6.07 Å². The van der Waals surface area contributed by atoms with Crippen molar-refractivity contribution in [2.24, 2.45) is 0 Å². The van der Waals surface area contributed by atoms with Crippen LogP contribution in [0.15, 0.2) is 42.9 Å². The lowest BCUT2D eigenvalue weighted by atomic mass is 10.0. The molecule has 0 spiro atoms. The van der Waals surface area contributed by atoms with Gasteiger partial charge in [0.2, 0.25) is 5.69 Å². The number of nitrogens with zero attached hydrogens (tertiary/aromatic N) is 4. The van der Waals surface area contributed by atoms with Gasteiger partial charge in [-0.15, -0.1) is 0 Å². The highest BCUT2D eigenvalue weighted by atomic mass is 16.5. The van der Waals surface area contributed by atoms with Crippen LogP contribution in [0.4, 0.5) is 23.0 Å². The van der Waals surface area contributed by atoms with E-state index in [0.29, 0.717) is 23.8 Å². The molecule has 0 bridgehead atoms. The summed E-state index contributed by atoms with van der Waals surface area (Å²) in [6.45, 7) is 8.83. The van der Waals surface area contributed by atoms with E-state index < -0.39 is 5.60 Å². The molecule has 0 saturated carbocycles. The number of fused-ring (bicyclic) bond motifs is 1. The van der Waals surface area contributed by atoms with Crippen molar-refractivity contribution in [2.45, 2.75) is 52.4 Å². The second kappa shape index (κ2) is 9.30. The molecule has 5 N–H and O–H groups in total. The van der Waals surface area contributed by atoms with Gasteiger partial charge in [-0.25, -0.2) is 20.2 Å². The van der Waals surface area contributed by atoms with Crippen LogP contribution < -0.4 is 20.4 Å². The summed E-state index contributed by atoms with van der Waals surface area (Å²) in [5, 5.41) is 22.9. The lowest BCUT2D eigenvalue weighted by molar-refractivity contribution is -0.826. The molecular formula is C24H31N6O3+. The van der Waals surface area contributed by atoms with Crippen LogP contribution in [0, 0.1) is 0 Å². The summed E-state index contributed by atoms with van der Waals surface area (Å²) in [6, 6.07) is 9.50. The molecule has 1 aromatic carbocycles. The first-order valence-electron chi connectivity index (χ1n) is 11.1. The van der Waals surface area contributed by atoms with Gasteiger partial charge >= 0.3 is 0 Å². The van der Waals surface area contributed by atoms with E-state index in [0.717, 1.165) is 46.8 Å². The number of rotatable bonds is 7. The number of benzene rings is 1. The molecule has 9 heteroatoms. The van der Waals surface area contributed by atoms with Crippen LogP contribution in [0.3, 0.4) is 0 Å². The minimum atomic E-state index is -0.934. The average Bonchev–Trinajstić information content (AvgIpc) is 2.78. The molecule has 0 unspecified atom stereocenters. The Morgan fingerprint density at radius 3 is 2.64 bits per heavy atom. The Morgan fingerprint density at radius 2 is 1.97 bits per heavy atom. The summed E-state index contributed by atoms with van der Waals surface area (Å²) < 4.78 is 5.88. The topological polar surface area (TPSA) is 120 Å². The summed E-state index contributed by atoms with van der Waals surface area (Å²) >= 11 is 0. The van der Waals surface area contributed by atoms with Crippen molar-refractivity contribution < 1.29 is 20.5 Å². The summed E-state index contributed by atoms with van der Waals surface area (Å²) in [5.74, 6) is 2.07. The summed E-state index contributed by atoms with van der Waals surface area (Å²) in [6.07, 6.45) is 4.01. The number of nitrogens with two attached hydrogens (primary N) is 1. The van der Waals surface area contributed by atoms with E-state index in [1.807, 2.05) is 44.2 Å². The Hall–Kier alpha value is -3.27. The van der Waals surface area contributed by atoms with Crippen molar-refractivity contribution in [2.75, 3.05) is 16.8 Å². The predicted molar refractivity (Wildman–Crippen MR) is 125 cm³/mol. The molecule has 9 nitrogen and oxygen atoms in total.